The van der Waals surface area contributed by atoms with Crippen LogP contribution in [0.4, 0.5) is 0 Å². The van der Waals surface area contributed by atoms with Crippen LogP contribution in [0.2, 0.25) is 0 Å². The maximum atomic E-state index is 11.4. The first-order valence-electron chi connectivity index (χ1n) is 11.3. The summed E-state index contributed by atoms with van der Waals surface area (Å²) in [5.74, 6) is 0.257. The highest BCUT2D eigenvalue weighted by molar-refractivity contribution is 5.80. The molecule has 0 bridgehead atoms. The van der Waals surface area contributed by atoms with E-state index in [1.54, 1.807) is 0 Å². The van der Waals surface area contributed by atoms with Gasteiger partial charge in [-0.25, -0.2) is 0 Å². The number of Topliss-reactive ketones (excluding diaryl/α,β-unsaturated/α-hetero) is 1. The molecule has 0 saturated carbocycles. The smallest absolute Gasteiger partial charge is 0.133 e. The van der Waals surface area contributed by atoms with Gasteiger partial charge in [0, 0.05) is 19.3 Å². The molecule has 0 N–H and O–H groups in total. The van der Waals surface area contributed by atoms with Crippen molar-refractivity contribution in [3.05, 3.63) is 0 Å². The van der Waals surface area contributed by atoms with Crippen LogP contribution < -0.4 is 0 Å². The predicted octanol–water partition coefficient (Wildman–Crippen LogP) is 7.58. The van der Waals surface area contributed by atoms with Crippen LogP contribution in [0.3, 0.4) is 0 Å². The van der Waals surface area contributed by atoms with Gasteiger partial charge in [0.2, 0.25) is 0 Å². The fraction of sp³-hybridized carbons (Fsp3) is 0.913. The van der Waals surface area contributed by atoms with Gasteiger partial charge in [-0.3, -0.25) is 4.79 Å². The van der Waals surface area contributed by atoms with E-state index in [9.17, 15) is 9.59 Å². The van der Waals surface area contributed by atoms with Gasteiger partial charge in [-0.2, -0.15) is 0 Å². The second-order valence-electron chi connectivity index (χ2n) is 7.65. The molecule has 0 aliphatic carbocycles. The van der Waals surface area contributed by atoms with Gasteiger partial charge >= 0.3 is 0 Å². The minimum atomic E-state index is 0.257. The van der Waals surface area contributed by atoms with E-state index in [2.05, 4.69) is 6.92 Å². The molecule has 0 aromatic heterocycles. The highest BCUT2D eigenvalue weighted by Gasteiger charge is 2.01. The van der Waals surface area contributed by atoms with Gasteiger partial charge in [-0.05, 0) is 6.42 Å². The molecule has 0 heterocycles. The lowest BCUT2D eigenvalue weighted by Crippen LogP contribution is -1.97. The number of aldehydes is 1. The molecular weight excluding hydrogens is 308 g/mol. The molecule has 0 spiro atoms. The van der Waals surface area contributed by atoms with Gasteiger partial charge in [0.25, 0.3) is 0 Å². The summed E-state index contributed by atoms with van der Waals surface area (Å²) in [6.07, 6.45) is 25.5. The van der Waals surface area contributed by atoms with E-state index in [4.69, 9.17) is 0 Å². The van der Waals surface area contributed by atoms with Crippen LogP contribution in [0.15, 0.2) is 0 Å². The van der Waals surface area contributed by atoms with Crippen molar-refractivity contribution >= 4 is 12.1 Å². The first kappa shape index (κ1) is 24.3. The fourth-order valence-electron chi connectivity index (χ4n) is 3.39. The molecule has 2 nitrogen and oxygen atoms in total. The number of hydrogen-bond donors (Lipinski definition) is 0. The summed E-state index contributed by atoms with van der Waals surface area (Å²) in [5, 5.41) is 0. The Bertz CT molecular complexity index is 286. The molecule has 0 aromatic rings. The molecule has 0 radical (unpaired) electrons. The van der Waals surface area contributed by atoms with Crippen LogP contribution in [-0.2, 0) is 9.59 Å². The average molecular weight is 353 g/mol. The van der Waals surface area contributed by atoms with Gasteiger partial charge in [-0.15, -0.1) is 0 Å². The standard InChI is InChI=1S/C23H44O2/c1-2-3-4-5-6-7-8-9-10-11-12-13-14-15-16-17-18-20-23(25)21-19-22-24/h22H,2-21H2,1H3. The molecule has 0 saturated heterocycles. The molecule has 0 aromatic carbocycles. The van der Waals surface area contributed by atoms with Crippen LogP contribution in [0.25, 0.3) is 0 Å². The summed E-state index contributed by atoms with van der Waals surface area (Å²) >= 11 is 0. The van der Waals surface area contributed by atoms with E-state index in [-0.39, 0.29) is 5.78 Å². The van der Waals surface area contributed by atoms with Crippen LogP contribution in [-0.4, -0.2) is 12.1 Å². The van der Waals surface area contributed by atoms with Crippen LogP contribution in [0.5, 0.6) is 0 Å². The zero-order chi connectivity index (χ0) is 18.4. The number of rotatable bonds is 21. The Morgan fingerprint density at radius 1 is 0.560 bits per heavy atom. The second kappa shape index (κ2) is 21.4. The molecule has 148 valence electrons. The Hall–Kier alpha value is -0.660. The molecule has 2 heteroatoms. The third-order valence-electron chi connectivity index (χ3n) is 5.10. The largest absolute Gasteiger partial charge is 0.303 e. The van der Waals surface area contributed by atoms with Gasteiger partial charge in [0.1, 0.15) is 12.1 Å². The van der Waals surface area contributed by atoms with Gasteiger partial charge in [0.15, 0.2) is 0 Å². The van der Waals surface area contributed by atoms with E-state index < -0.39 is 0 Å². The Morgan fingerprint density at radius 3 is 1.28 bits per heavy atom. The molecule has 25 heavy (non-hydrogen) atoms. The molecule has 0 rings (SSSR count). The molecule has 0 aliphatic rings. The zero-order valence-electron chi connectivity index (χ0n) is 17.0. The van der Waals surface area contributed by atoms with E-state index in [1.807, 2.05) is 0 Å². The summed E-state index contributed by atoms with van der Waals surface area (Å²) in [6, 6.07) is 0. The van der Waals surface area contributed by atoms with E-state index >= 15 is 0 Å². The predicted molar refractivity (Wildman–Crippen MR) is 109 cm³/mol. The van der Waals surface area contributed by atoms with E-state index in [1.165, 1.54) is 103 Å². The molecule has 0 atom stereocenters. The maximum absolute atomic E-state index is 11.4. The van der Waals surface area contributed by atoms with Crippen LogP contribution in [0.1, 0.15) is 135 Å². The van der Waals surface area contributed by atoms with Crippen molar-refractivity contribution in [1.82, 2.24) is 0 Å². The van der Waals surface area contributed by atoms with Crippen molar-refractivity contribution in [2.45, 2.75) is 135 Å². The van der Waals surface area contributed by atoms with Gasteiger partial charge in [-0.1, -0.05) is 110 Å². The number of hydrogen-bond acceptors (Lipinski definition) is 2. The lowest BCUT2D eigenvalue weighted by atomic mass is 10.0. The maximum Gasteiger partial charge on any atom is 0.133 e. The first-order valence-corrected chi connectivity index (χ1v) is 11.3. The van der Waals surface area contributed by atoms with Crippen molar-refractivity contribution in [2.24, 2.45) is 0 Å². The second-order valence-corrected chi connectivity index (χ2v) is 7.65. The van der Waals surface area contributed by atoms with Crippen molar-refractivity contribution < 1.29 is 9.59 Å². The molecular formula is C23H44O2. The lowest BCUT2D eigenvalue weighted by Gasteiger charge is -2.03. The van der Waals surface area contributed by atoms with Crippen molar-refractivity contribution in [3.8, 4) is 0 Å². The monoisotopic (exact) mass is 352 g/mol. The summed E-state index contributed by atoms with van der Waals surface area (Å²) in [4.78, 5) is 21.6. The number of carbonyl (C=O) groups is 2. The third kappa shape index (κ3) is 21.3. The summed E-state index contributed by atoms with van der Waals surface area (Å²) in [6.45, 7) is 2.28. The summed E-state index contributed by atoms with van der Waals surface area (Å²) < 4.78 is 0. The summed E-state index contributed by atoms with van der Waals surface area (Å²) in [7, 11) is 0. The van der Waals surface area contributed by atoms with Crippen LogP contribution in [0, 0.1) is 0 Å². The minimum Gasteiger partial charge on any atom is -0.303 e. The molecule has 0 amide bonds. The van der Waals surface area contributed by atoms with Crippen LogP contribution >= 0.6 is 0 Å². The lowest BCUT2D eigenvalue weighted by molar-refractivity contribution is -0.120. The molecule has 0 aliphatic heterocycles. The van der Waals surface area contributed by atoms with Crippen molar-refractivity contribution in [3.63, 3.8) is 0 Å². The van der Waals surface area contributed by atoms with Gasteiger partial charge in [0.05, 0.1) is 0 Å². The molecule has 0 fully saturated rings. The number of unbranched alkanes of at least 4 members (excludes halogenated alkanes) is 16. The van der Waals surface area contributed by atoms with E-state index in [0.29, 0.717) is 19.3 Å². The highest BCUT2D eigenvalue weighted by atomic mass is 16.1. The van der Waals surface area contributed by atoms with E-state index in [0.717, 1.165) is 12.7 Å². The number of carbonyl (C=O) groups excluding carboxylic acids is 2. The van der Waals surface area contributed by atoms with Crippen molar-refractivity contribution in [1.29, 1.82) is 0 Å². The summed E-state index contributed by atoms with van der Waals surface area (Å²) in [5.41, 5.74) is 0. The minimum absolute atomic E-state index is 0.257. The zero-order valence-corrected chi connectivity index (χ0v) is 17.0. The SMILES string of the molecule is CCCCCCCCCCCCCCCCCCCC(=O)CCC=O. The average Bonchev–Trinajstić information content (AvgIpc) is 2.62. The number of ketones is 1. The Morgan fingerprint density at radius 2 is 0.920 bits per heavy atom. The Kier molecular flexibility index (Phi) is 20.8. The highest BCUT2D eigenvalue weighted by Crippen LogP contribution is 2.14. The fourth-order valence-corrected chi connectivity index (χ4v) is 3.39. The Labute approximate surface area is 157 Å². The van der Waals surface area contributed by atoms with Crippen molar-refractivity contribution in [2.75, 3.05) is 0 Å². The Balaban J connectivity index is 3.05. The van der Waals surface area contributed by atoms with Gasteiger partial charge < -0.3 is 4.79 Å². The molecule has 0 unspecified atom stereocenters. The topological polar surface area (TPSA) is 34.1 Å². The quantitative estimate of drug-likeness (QED) is 0.158. The normalized spacial score (nSPS) is 10.9. The first-order chi connectivity index (χ1) is 12.3. The third-order valence-corrected chi connectivity index (χ3v) is 5.10.